The van der Waals surface area contributed by atoms with Gasteiger partial charge in [0.25, 0.3) is 11.8 Å². The summed E-state index contributed by atoms with van der Waals surface area (Å²) < 4.78 is 37.3. The van der Waals surface area contributed by atoms with Gasteiger partial charge in [-0.25, -0.2) is 0 Å². The Labute approximate surface area is 149 Å². The number of carbonyl (C=O) groups is 2. The van der Waals surface area contributed by atoms with Gasteiger partial charge in [0.15, 0.2) is 0 Å². The largest absolute Gasteiger partial charge is 0.433 e. The van der Waals surface area contributed by atoms with Gasteiger partial charge >= 0.3 is 6.18 Å². The molecular weight excluding hydrogens is 373 g/mol. The van der Waals surface area contributed by atoms with Crippen molar-refractivity contribution in [2.45, 2.75) is 6.18 Å². The smallest absolute Gasteiger partial charge is 0.350 e. The van der Waals surface area contributed by atoms with Crippen molar-refractivity contribution in [3.05, 3.63) is 64.6 Å². The molecule has 2 aromatic heterocycles. The maximum absolute atomic E-state index is 12.4. The maximum Gasteiger partial charge on any atom is 0.433 e. The number of alkyl halides is 3. The molecule has 0 aliphatic heterocycles. The van der Waals surface area contributed by atoms with E-state index in [1.54, 1.807) is 24.3 Å². The number of halogens is 4. The van der Waals surface area contributed by atoms with Gasteiger partial charge in [-0.3, -0.25) is 25.4 Å². The standard InChI is InChI=1S/C16H10ClF3N4O2/c17-10-2-3-11-9(5-10)6-12(22-11)15(26)24-23-14(25)8-1-4-13(21-7-8)16(18,19)20/h1-7,22H,(H,23,25)(H,24,26). The van der Waals surface area contributed by atoms with Crippen molar-refractivity contribution in [3.8, 4) is 0 Å². The van der Waals surface area contributed by atoms with E-state index < -0.39 is 23.7 Å². The molecule has 0 aliphatic carbocycles. The van der Waals surface area contributed by atoms with Crippen LogP contribution in [-0.4, -0.2) is 21.8 Å². The second kappa shape index (κ2) is 6.68. The minimum absolute atomic E-state index is 0.137. The molecule has 2 amide bonds. The Kier molecular flexibility index (Phi) is 4.56. The topological polar surface area (TPSA) is 86.9 Å². The summed E-state index contributed by atoms with van der Waals surface area (Å²) in [5, 5.41) is 1.22. The van der Waals surface area contributed by atoms with E-state index in [2.05, 4.69) is 20.8 Å². The number of aromatic amines is 1. The number of hydrogen-bond acceptors (Lipinski definition) is 3. The van der Waals surface area contributed by atoms with Crippen LogP contribution in [-0.2, 0) is 6.18 Å². The summed E-state index contributed by atoms with van der Waals surface area (Å²) in [5.74, 6) is -1.44. The number of H-pyrrole nitrogens is 1. The van der Waals surface area contributed by atoms with Gasteiger partial charge in [-0.1, -0.05) is 11.6 Å². The van der Waals surface area contributed by atoms with Crippen molar-refractivity contribution < 1.29 is 22.8 Å². The molecule has 0 saturated carbocycles. The fourth-order valence-electron chi connectivity index (χ4n) is 2.17. The highest BCUT2D eigenvalue weighted by molar-refractivity contribution is 6.31. The van der Waals surface area contributed by atoms with Crippen LogP contribution in [0.2, 0.25) is 5.02 Å². The molecule has 6 nitrogen and oxygen atoms in total. The van der Waals surface area contributed by atoms with Crippen LogP contribution >= 0.6 is 11.6 Å². The number of rotatable bonds is 2. The summed E-state index contributed by atoms with van der Waals surface area (Å²) >= 11 is 5.87. The fourth-order valence-corrected chi connectivity index (χ4v) is 2.36. The molecule has 0 aliphatic rings. The average Bonchev–Trinajstić information content (AvgIpc) is 3.02. The van der Waals surface area contributed by atoms with E-state index in [1.807, 2.05) is 0 Å². The van der Waals surface area contributed by atoms with E-state index in [1.165, 1.54) is 0 Å². The number of hydrogen-bond donors (Lipinski definition) is 3. The van der Waals surface area contributed by atoms with Gasteiger partial charge < -0.3 is 4.98 Å². The van der Waals surface area contributed by atoms with Crippen LogP contribution < -0.4 is 10.9 Å². The Morgan fingerprint density at radius 3 is 2.42 bits per heavy atom. The van der Waals surface area contributed by atoms with Crippen LogP contribution in [0.15, 0.2) is 42.6 Å². The normalized spacial score (nSPS) is 11.4. The Balaban J connectivity index is 1.65. The number of carbonyl (C=O) groups excluding carboxylic acids is 2. The third kappa shape index (κ3) is 3.77. The molecule has 3 aromatic rings. The molecule has 10 heteroatoms. The molecule has 3 N–H and O–H groups in total. The van der Waals surface area contributed by atoms with Crippen molar-refractivity contribution in [3.63, 3.8) is 0 Å². The van der Waals surface area contributed by atoms with E-state index in [0.29, 0.717) is 22.0 Å². The number of amides is 2. The minimum Gasteiger partial charge on any atom is -0.350 e. The summed E-state index contributed by atoms with van der Waals surface area (Å²) in [7, 11) is 0. The number of pyridine rings is 1. The van der Waals surface area contributed by atoms with Crippen LogP contribution in [0, 0.1) is 0 Å². The lowest BCUT2D eigenvalue weighted by atomic mass is 10.2. The Hall–Kier alpha value is -3.07. The van der Waals surface area contributed by atoms with Gasteiger partial charge in [0.1, 0.15) is 11.4 Å². The third-order valence-electron chi connectivity index (χ3n) is 3.43. The quantitative estimate of drug-likeness (QED) is 0.594. The highest BCUT2D eigenvalue weighted by atomic mass is 35.5. The monoisotopic (exact) mass is 382 g/mol. The predicted octanol–water partition coefficient (Wildman–Crippen LogP) is 3.31. The zero-order valence-corrected chi connectivity index (χ0v) is 13.6. The lowest BCUT2D eigenvalue weighted by molar-refractivity contribution is -0.141. The van der Waals surface area contributed by atoms with Crippen LogP contribution in [0.4, 0.5) is 13.2 Å². The molecule has 2 heterocycles. The molecule has 0 saturated heterocycles. The summed E-state index contributed by atoms with van der Waals surface area (Å²) in [5.41, 5.74) is 3.87. The number of nitrogens with zero attached hydrogens (tertiary/aromatic N) is 1. The molecule has 26 heavy (non-hydrogen) atoms. The second-order valence-corrected chi connectivity index (χ2v) is 5.69. The highest BCUT2D eigenvalue weighted by Crippen LogP contribution is 2.27. The van der Waals surface area contributed by atoms with E-state index >= 15 is 0 Å². The number of hydrazine groups is 1. The number of nitrogens with one attached hydrogen (secondary N) is 3. The van der Waals surface area contributed by atoms with Gasteiger partial charge in [0.05, 0.1) is 5.56 Å². The molecular formula is C16H10ClF3N4O2. The number of benzene rings is 1. The highest BCUT2D eigenvalue weighted by Gasteiger charge is 2.32. The SMILES string of the molecule is O=C(NNC(=O)c1cc2cc(Cl)ccc2[nH]1)c1ccc(C(F)(F)F)nc1. The number of fused-ring (bicyclic) bond motifs is 1. The zero-order valence-electron chi connectivity index (χ0n) is 12.8. The average molecular weight is 383 g/mol. The minimum atomic E-state index is -4.60. The van der Waals surface area contributed by atoms with Crippen LogP contribution in [0.5, 0.6) is 0 Å². The fraction of sp³-hybridized carbons (Fsp3) is 0.0625. The van der Waals surface area contributed by atoms with Crippen molar-refractivity contribution in [1.29, 1.82) is 0 Å². The summed E-state index contributed by atoms with van der Waals surface area (Å²) in [6.45, 7) is 0. The Morgan fingerprint density at radius 1 is 1.04 bits per heavy atom. The first-order valence-electron chi connectivity index (χ1n) is 7.16. The Bertz CT molecular complexity index is 983. The molecule has 0 fully saturated rings. The van der Waals surface area contributed by atoms with Crippen LogP contribution in [0.3, 0.4) is 0 Å². The first-order valence-corrected chi connectivity index (χ1v) is 7.54. The van der Waals surface area contributed by atoms with E-state index in [4.69, 9.17) is 11.6 Å². The Morgan fingerprint density at radius 2 is 1.77 bits per heavy atom. The molecule has 0 bridgehead atoms. The third-order valence-corrected chi connectivity index (χ3v) is 3.67. The van der Waals surface area contributed by atoms with Crippen molar-refractivity contribution in [2.75, 3.05) is 0 Å². The van der Waals surface area contributed by atoms with Crippen molar-refractivity contribution >= 4 is 34.3 Å². The molecule has 3 rings (SSSR count). The second-order valence-electron chi connectivity index (χ2n) is 5.25. The van der Waals surface area contributed by atoms with E-state index in [-0.39, 0.29) is 11.3 Å². The molecule has 134 valence electrons. The molecule has 0 radical (unpaired) electrons. The van der Waals surface area contributed by atoms with Gasteiger partial charge in [0, 0.05) is 22.1 Å². The number of aromatic nitrogens is 2. The summed E-state index contributed by atoms with van der Waals surface area (Å²) in [6.07, 6.45) is -3.82. The van der Waals surface area contributed by atoms with Gasteiger partial charge in [0.2, 0.25) is 0 Å². The molecule has 1 aromatic carbocycles. The van der Waals surface area contributed by atoms with Gasteiger partial charge in [-0.2, -0.15) is 13.2 Å². The van der Waals surface area contributed by atoms with Crippen LogP contribution in [0.25, 0.3) is 10.9 Å². The van der Waals surface area contributed by atoms with E-state index in [9.17, 15) is 22.8 Å². The molecule has 0 atom stereocenters. The van der Waals surface area contributed by atoms with Crippen molar-refractivity contribution in [2.24, 2.45) is 0 Å². The summed E-state index contributed by atoms with van der Waals surface area (Å²) in [6, 6.07) is 8.20. The van der Waals surface area contributed by atoms with E-state index in [0.717, 1.165) is 12.3 Å². The first kappa shape index (κ1) is 17.7. The zero-order chi connectivity index (χ0) is 18.9. The maximum atomic E-state index is 12.4. The lowest BCUT2D eigenvalue weighted by Crippen LogP contribution is -2.41. The van der Waals surface area contributed by atoms with Crippen LogP contribution in [0.1, 0.15) is 26.5 Å². The van der Waals surface area contributed by atoms with Gasteiger partial charge in [-0.15, -0.1) is 0 Å². The van der Waals surface area contributed by atoms with Crippen molar-refractivity contribution in [1.82, 2.24) is 20.8 Å². The lowest BCUT2D eigenvalue weighted by Gasteiger charge is -2.08. The first-order chi connectivity index (χ1) is 12.2. The van der Waals surface area contributed by atoms with Gasteiger partial charge in [-0.05, 0) is 36.4 Å². The molecule has 0 spiro atoms. The predicted molar refractivity (Wildman–Crippen MR) is 87.5 cm³/mol. The molecule has 0 unspecified atom stereocenters. The summed E-state index contributed by atoms with van der Waals surface area (Å²) in [4.78, 5) is 30.0.